The van der Waals surface area contributed by atoms with Gasteiger partial charge in [-0.15, -0.1) is 0 Å². The van der Waals surface area contributed by atoms with Crippen LogP contribution >= 0.6 is 0 Å². The first-order chi connectivity index (χ1) is 8.74. The number of aliphatic hydroxyl groups is 2. The Labute approximate surface area is 129 Å². The minimum atomic E-state index is -1.22. The molecule has 0 amide bonds. The number of rotatable bonds is 2. The Morgan fingerprint density at radius 3 is 2.55 bits per heavy atom. The van der Waals surface area contributed by atoms with Crippen molar-refractivity contribution in [3.05, 3.63) is 39.0 Å². The van der Waals surface area contributed by atoms with Gasteiger partial charge in [0.1, 0.15) is 0 Å². The zero-order chi connectivity index (χ0) is 14.4. The predicted octanol–water partition coefficient (Wildman–Crippen LogP) is -1.06. The summed E-state index contributed by atoms with van der Waals surface area (Å²) in [5.41, 5.74) is -3.55. The minimum absolute atomic E-state index is 0. The number of ether oxygens (including phenoxy) is 1. The Bertz CT molecular complexity index is 600. The van der Waals surface area contributed by atoms with Crippen LogP contribution in [0.25, 0.3) is 0 Å². The van der Waals surface area contributed by atoms with Crippen molar-refractivity contribution in [2.75, 3.05) is 6.61 Å². The van der Waals surface area contributed by atoms with Crippen molar-refractivity contribution in [3.63, 3.8) is 0 Å². The Hall–Kier alpha value is -0.752. The molecule has 8 heteroatoms. The fraction of sp³-hybridized carbons (Fsp3) is 0.583. The van der Waals surface area contributed by atoms with Gasteiger partial charge in [0.25, 0.3) is 5.56 Å². The summed E-state index contributed by atoms with van der Waals surface area (Å²) in [7, 11) is 0. The molecule has 1 aliphatic heterocycles. The Morgan fingerprint density at radius 1 is 1.50 bits per heavy atom. The molecule has 3 unspecified atom stereocenters. The molecule has 0 saturated carbocycles. The molecule has 2 rings (SSSR count). The summed E-state index contributed by atoms with van der Waals surface area (Å²) < 4.78 is 6.91. The first-order valence-electron chi connectivity index (χ1n) is 5.90. The van der Waals surface area contributed by atoms with E-state index >= 15 is 0 Å². The van der Waals surface area contributed by atoms with Gasteiger partial charge >= 0.3 is 5.69 Å². The van der Waals surface area contributed by atoms with E-state index in [0.29, 0.717) is 5.92 Å². The average molecular weight is 453 g/mol. The molecule has 1 saturated heterocycles. The van der Waals surface area contributed by atoms with Crippen LogP contribution in [0.2, 0.25) is 0 Å². The third-order valence-corrected chi connectivity index (χ3v) is 3.75. The van der Waals surface area contributed by atoms with Gasteiger partial charge in [0.15, 0.2) is 0 Å². The van der Waals surface area contributed by atoms with Crippen LogP contribution < -0.4 is 11.2 Å². The second-order valence-corrected chi connectivity index (χ2v) is 5.12. The van der Waals surface area contributed by atoms with Gasteiger partial charge in [-0.2, -0.15) is 6.92 Å². The summed E-state index contributed by atoms with van der Waals surface area (Å²) in [4.78, 5) is 25.1. The Balaban J connectivity index is 0.00000200. The Kier molecular flexibility index (Phi) is 4.81. The predicted molar refractivity (Wildman–Crippen MR) is 66.5 cm³/mol. The van der Waals surface area contributed by atoms with Gasteiger partial charge in [-0.25, -0.2) is 10.7 Å². The van der Waals surface area contributed by atoms with Crippen molar-refractivity contribution >= 4 is 0 Å². The third-order valence-electron chi connectivity index (χ3n) is 3.75. The molecule has 112 valence electrons. The van der Waals surface area contributed by atoms with E-state index in [1.165, 1.54) is 16.8 Å². The molecule has 3 atom stereocenters. The molecule has 3 N–H and O–H groups in total. The number of hydrogen-bond donors (Lipinski definition) is 3. The SMILES string of the molecule is C[C-]1C(O)C(C)(CO)OC1(C)n1ccc(=O)[nH]c1=O.[W]. The molecule has 0 spiro atoms. The average Bonchev–Trinajstić information content (AvgIpc) is 2.52. The summed E-state index contributed by atoms with van der Waals surface area (Å²) in [6.07, 6.45) is 0.293. The molecular weight excluding hydrogens is 436 g/mol. The Morgan fingerprint density at radius 2 is 2.10 bits per heavy atom. The van der Waals surface area contributed by atoms with Crippen molar-refractivity contribution in [3.8, 4) is 0 Å². The number of hydrogen-bond acceptors (Lipinski definition) is 5. The van der Waals surface area contributed by atoms with E-state index in [1.54, 1.807) is 20.8 Å². The fourth-order valence-corrected chi connectivity index (χ4v) is 2.41. The first-order valence-corrected chi connectivity index (χ1v) is 5.90. The zero-order valence-electron chi connectivity index (χ0n) is 11.4. The van der Waals surface area contributed by atoms with Crippen LogP contribution in [0.4, 0.5) is 0 Å². The maximum atomic E-state index is 11.9. The van der Waals surface area contributed by atoms with Crippen molar-refractivity contribution in [2.24, 2.45) is 0 Å². The van der Waals surface area contributed by atoms with E-state index in [2.05, 4.69) is 4.98 Å². The molecule has 0 aromatic carbocycles. The third kappa shape index (κ3) is 2.43. The van der Waals surface area contributed by atoms with E-state index in [9.17, 15) is 19.8 Å². The molecule has 2 heterocycles. The van der Waals surface area contributed by atoms with Gasteiger partial charge < -0.3 is 14.9 Å². The molecule has 1 aliphatic rings. The van der Waals surface area contributed by atoms with Gasteiger partial charge in [0.05, 0.1) is 12.2 Å². The van der Waals surface area contributed by atoms with Gasteiger partial charge in [-0.05, 0) is 20.0 Å². The summed E-state index contributed by atoms with van der Waals surface area (Å²) in [6, 6.07) is 1.20. The maximum absolute atomic E-state index is 11.9. The fourth-order valence-electron chi connectivity index (χ4n) is 2.41. The molecule has 1 aromatic heterocycles. The van der Waals surface area contributed by atoms with Crippen LogP contribution in [0.3, 0.4) is 0 Å². The molecule has 0 aliphatic carbocycles. The van der Waals surface area contributed by atoms with E-state index in [0.717, 1.165) is 0 Å². The number of nitrogens with one attached hydrogen (secondary N) is 1. The van der Waals surface area contributed by atoms with Crippen molar-refractivity contribution < 1.29 is 36.0 Å². The van der Waals surface area contributed by atoms with Crippen molar-refractivity contribution in [1.29, 1.82) is 0 Å². The smallest absolute Gasteiger partial charge is 0.328 e. The second-order valence-electron chi connectivity index (χ2n) is 5.12. The standard InChI is InChI=1S/C12H17N2O5.W/c1-7-9(17)11(2,6-15)19-12(7,3)14-5-4-8(16)13-10(14)18;/h4-5,9,15,17H,6H2,1-3H3,(H,13,16,18);/q-1;. The number of nitrogens with zero attached hydrogens (tertiary/aromatic N) is 1. The number of aromatic amines is 1. The maximum Gasteiger partial charge on any atom is 0.328 e. The molecule has 0 bridgehead atoms. The van der Waals surface area contributed by atoms with Gasteiger partial charge in [0, 0.05) is 39.1 Å². The molecule has 20 heavy (non-hydrogen) atoms. The van der Waals surface area contributed by atoms with Crippen LogP contribution in [0.15, 0.2) is 21.9 Å². The van der Waals surface area contributed by atoms with Crippen LogP contribution in [-0.4, -0.2) is 38.1 Å². The topological polar surface area (TPSA) is 105 Å². The molecule has 1 fully saturated rings. The quantitative estimate of drug-likeness (QED) is 0.496. The molecular formula is C12H17N2O5W-. The van der Waals surface area contributed by atoms with Crippen LogP contribution in [-0.2, 0) is 31.5 Å². The van der Waals surface area contributed by atoms with Crippen LogP contribution in [0.5, 0.6) is 0 Å². The van der Waals surface area contributed by atoms with E-state index in [-0.39, 0.29) is 27.7 Å². The molecule has 0 radical (unpaired) electrons. The molecule has 7 nitrogen and oxygen atoms in total. The van der Waals surface area contributed by atoms with Gasteiger partial charge in [-0.3, -0.25) is 14.3 Å². The van der Waals surface area contributed by atoms with Gasteiger partial charge in [0.2, 0.25) is 0 Å². The van der Waals surface area contributed by atoms with E-state index < -0.39 is 28.7 Å². The van der Waals surface area contributed by atoms with Crippen molar-refractivity contribution in [1.82, 2.24) is 9.55 Å². The molecule has 1 aromatic rings. The summed E-state index contributed by atoms with van der Waals surface area (Å²) >= 11 is 0. The monoisotopic (exact) mass is 453 g/mol. The summed E-state index contributed by atoms with van der Waals surface area (Å²) in [5.74, 6) is 0.484. The van der Waals surface area contributed by atoms with E-state index in [4.69, 9.17) is 4.74 Å². The summed E-state index contributed by atoms with van der Waals surface area (Å²) in [6.45, 7) is 4.41. The first kappa shape index (κ1) is 17.3. The minimum Gasteiger partial charge on any atom is -0.422 e. The number of aromatic nitrogens is 2. The second kappa shape index (κ2) is 5.56. The number of aliphatic hydroxyl groups excluding tert-OH is 2. The van der Waals surface area contributed by atoms with Crippen LogP contribution in [0.1, 0.15) is 20.8 Å². The van der Waals surface area contributed by atoms with Gasteiger partial charge in [-0.1, -0.05) is 0 Å². The van der Waals surface area contributed by atoms with E-state index in [1.807, 2.05) is 0 Å². The largest absolute Gasteiger partial charge is 0.422 e. The number of H-pyrrole nitrogens is 1. The van der Waals surface area contributed by atoms with Crippen molar-refractivity contribution in [2.45, 2.75) is 38.2 Å². The summed E-state index contributed by atoms with van der Waals surface area (Å²) in [5, 5.41) is 19.5. The zero-order valence-corrected chi connectivity index (χ0v) is 14.3. The van der Waals surface area contributed by atoms with Crippen LogP contribution in [0, 0.1) is 5.92 Å². The normalized spacial score (nSPS) is 34.0.